The molecule has 0 saturated carbocycles. The van der Waals surface area contributed by atoms with E-state index < -0.39 is 5.41 Å². The monoisotopic (exact) mass is 767 g/mol. The molecule has 2 aliphatic carbocycles. The second-order valence-corrected chi connectivity index (χ2v) is 16.8. The minimum Gasteiger partial charge on any atom is -0.457 e. The molecule has 1 heterocycles. The molecule has 0 amide bonds. The lowest BCUT2D eigenvalue weighted by atomic mass is 9.62. The first-order chi connectivity index (χ1) is 29.5. The Bertz CT molecular complexity index is 3110. The number of anilines is 3. The number of hydrogen-bond donors (Lipinski definition) is 0. The SMILES string of the molecule is CC1(C)c2ccccc2-c2ccc(N(c3ccc4c(c3)C3(c5ccccc5O4)c4ccccc4-c4ccccc4-c4ccccc43)c3ccccc3-c3ccccc3)cc21. The summed E-state index contributed by atoms with van der Waals surface area (Å²) in [7, 11) is 0. The largest absolute Gasteiger partial charge is 0.457 e. The van der Waals surface area contributed by atoms with Gasteiger partial charge in [-0.1, -0.05) is 184 Å². The quantitative estimate of drug-likeness (QED) is 0.177. The van der Waals surface area contributed by atoms with Gasteiger partial charge < -0.3 is 9.64 Å². The third kappa shape index (κ3) is 4.82. The Kier molecular flexibility index (Phi) is 7.52. The van der Waals surface area contributed by atoms with Crippen LogP contribution in [0.3, 0.4) is 0 Å². The number of ether oxygens (including phenoxy) is 1. The van der Waals surface area contributed by atoms with Crippen LogP contribution in [0.25, 0.3) is 44.5 Å². The van der Waals surface area contributed by atoms with Gasteiger partial charge in [0.2, 0.25) is 0 Å². The fourth-order valence-corrected chi connectivity index (χ4v) is 10.7. The Morgan fingerprint density at radius 3 is 1.45 bits per heavy atom. The topological polar surface area (TPSA) is 12.5 Å². The van der Waals surface area contributed by atoms with Crippen molar-refractivity contribution >= 4 is 17.1 Å². The van der Waals surface area contributed by atoms with E-state index in [4.69, 9.17) is 4.74 Å². The zero-order chi connectivity index (χ0) is 40.0. The van der Waals surface area contributed by atoms with Crippen LogP contribution in [0, 0.1) is 0 Å². The van der Waals surface area contributed by atoms with E-state index in [9.17, 15) is 0 Å². The number of rotatable bonds is 4. The van der Waals surface area contributed by atoms with E-state index in [0.717, 1.165) is 45.3 Å². The summed E-state index contributed by atoms with van der Waals surface area (Å²) in [4.78, 5) is 2.47. The zero-order valence-electron chi connectivity index (χ0n) is 33.6. The number of hydrogen-bond acceptors (Lipinski definition) is 2. The maximum atomic E-state index is 7.00. The summed E-state index contributed by atoms with van der Waals surface area (Å²) in [5.41, 5.74) is 19.7. The van der Waals surface area contributed by atoms with Gasteiger partial charge in [-0.3, -0.25) is 0 Å². The summed E-state index contributed by atoms with van der Waals surface area (Å²) in [6.07, 6.45) is 0. The van der Waals surface area contributed by atoms with Gasteiger partial charge in [0, 0.05) is 33.5 Å². The highest BCUT2D eigenvalue weighted by atomic mass is 16.5. The van der Waals surface area contributed by atoms with Crippen molar-refractivity contribution in [3.05, 3.63) is 246 Å². The van der Waals surface area contributed by atoms with Crippen LogP contribution in [0.2, 0.25) is 0 Å². The maximum Gasteiger partial charge on any atom is 0.132 e. The molecule has 0 N–H and O–H groups in total. The number of para-hydroxylation sites is 2. The first kappa shape index (κ1) is 34.6. The van der Waals surface area contributed by atoms with Crippen molar-refractivity contribution in [2.45, 2.75) is 24.7 Å². The fraction of sp³-hybridized carbons (Fsp3) is 0.0690. The summed E-state index contributed by atoms with van der Waals surface area (Å²) in [6, 6.07) is 78.0. The molecule has 0 atom stereocenters. The van der Waals surface area contributed by atoms with Gasteiger partial charge in [-0.15, -0.1) is 0 Å². The molecule has 1 aliphatic heterocycles. The lowest BCUT2D eigenvalue weighted by Gasteiger charge is -2.43. The molecular weight excluding hydrogens is 727 g/mol. The van der Waals surface area contributed by atoms with Crippen molar-refractivity contribution in [1.82, 2.24) is 0 Å². The van der Waals surface area contributed by atoms with E-state index in [0.29, 0.717) is 0 Å². The van der Waals surface area contributed by atoms with Crippen molar-refractivity contribution in [3.8, 4) is 56.0 Å². The second-order valence-electron chi connectivity index (χ2n) is 16.8. The van der Waals surface area contributed by atoms with Crippen molar-refractivity contribution in [3.63, 3.8) is 0 Å². The van der Waals surface area contributed by atoms with E-state index >= 15 is 0 Å². The maximum absolute atomic E-state index is 7.00. The highest BCUT2D eigenvalue weighted by molar-refractivity contribution is 5.95. The summed E-state index contributed by atoms with van der Waals surface area (Å²) >= 11 is 0. The minimum absolute atomic E-state index is 0.160. The first-order valence-corrected chi connectivity index (χ1v) is 20.9. The average Bonchev–Trinajstić information content (AvgIpc) is 3.47. The predicted molar refractivity (Wildman–Crippen MR) is 247 cm³/mol. The molecule has 1 spiro atoms. The van der Waals surface area contributed by atoms with Crippen LogP contribution >= 0.6 is 0 Å². The summed E-state index contributed by atoms with van der Waals surface area (Å²) < 4.78 is 7.00. The first-order valence-electron chi connectivity index (χ1n) is 20.9. The highest BCUT2D eigenvalue weighted by Gasteiger charge is 2.49. The Labute approximate surface area is 351 Å². The average molecular weight is 768 g/mol. The molecule has 0 radical (unpaired) electrons. The van der Waals surface area contributed by atoms with Crippen molar-refractivity contribution < 1.29 is 4.74 Å². The van der Waals surface area contributed by atoms with Gasteiger partial charge in [0.25, 0.3) is 0 Å². The van der Waals surface area contributed by atoms with Crippen LogP contribution in [0.15, 0.2) is 212 Å². The van der Waals surface area contributed by atoms with Gasteiger partial charge in [0.05, 0.1) is 11.1 Å². The summed E-state index contributed by atoms with van der Waals surface area (Å²) in [6.45, 7) is 4.72. The molecule has 3 aliphatic rings. The molecule has 2 heteroatoms. The van der Waals surface area contributed by atoms with Gasteiger partial charge >= 0.3 is 0 Å². The van der Waals surface area contributed by atoms with Crippen LogP contribution in [0.1, 0.15) is 47.2 Å². The Balaban J connectivity index is 1.17. The van der Waals surface area contributed by atoms with Gasteiger partial charge in [-0.25, -0.2) is 0 Å². The van der Waals surface area contributed by atoms with Crippen LogP contribution in [-0.2, 0) is 10.8 Å². The van der Waals surface area contributed by atoms with E-state index in [1.54, 1.807) is 0 Å². The molecule has 0 saturated heterocycles. The van der Waals surface area contributed by atoms with Gasteiger partial charge in [0.1, 0.15) is 11.5 Å². The summed E-state index contributed by atoms with van der Waals surface area (Å²) in [5.74, 6) is 1.73. The normalized spacial score (nSPS) is 14.2. The van der Waals surface area contributed by atoms with Crippen LogP contribution in [-0.4, -0.2) is 0 Å². The third-order valence-corrected chi connectivity index (χ3v) is 13.4. The smallest absolute Gasteiger partial charge is 0.132 e. The fourth-order valence-electron chi connectivity index (χ4n) is 10.7. The molecule has 0 aromatic heterocycles. The molecule has 9 aromatic rings. The van der Waals surface area contributed by atoms with E-state index in [-0.39, 0.29) is 5.41 Å². The molecular formula is C58H41NO. The highest BCUT2D eigenvalue weighted by Crippen LogP contribution is 2.62. The number of fused-ring (bicyclic) bond motifs is 14. The molecule has 284 valence electrons. The standard InChI is InChI=1S/C58H41NO/c1-57(2)48-26-12-8-25-46(48)47-34-32-39(36-52(47)57)59(54-30-16-11-20-41(54)38-18-4-3-5-19-38)40-33-35-56-53(37-40)58(51-29-15-17-31-55(51)60-56)49-27-13-9-23-44(49)42-21-6-7-22-43(42)45-24-10-14-28-50(45)58/h3-37H,1-2H3. The molecule has 12 rings (SSSR count). The Morgan fingerprint density at radius 2 is 0.783 bits per heavy atom. The van der Waals surface area contributed by atoms with Crippen LogP contribution < -0.4 is 9.64 Å². The summed E-state index contributed by atoms with van der Waals surface area (Å²) in [5, 5.41) is 0. The van der Waals surface area contributed by atoms with Gasteiger partial charge in [-0.2, -0.15) is 0 Å². The van der Waals surface area contributed by atoms with E-state index in [1.807, 2.05) is 0 Å². The van der Waals surface area contributed by atoms with Crippen molar-refractivity contribution in [2.75, 3.05) is 4.90 Å². The minimum atomic E-state index is -0.710. The molecule has 0 bridgehead atoms. The second kappa shape index (κ2) is 13.0. The number of nitrogens with zero attached hydrogens (tertiary/aromatic N) is 1. The molecule has 0 fully saturated rings. The Hall–Kier alpha value is -7.42. The molecule has 2 nitrogen and oxygen atoms in total. The van der Waals surface area contributed by atoms with Crippen LogP contribution in [0.4, 0.5) is 17.1 Å². The third-order valence-electron chi connectivity index (χ3n) is 13.4. The lowest BCUT2D eigenvalue weighted by molar-refractivity contribution is 0.435. The molecule has 9 aromatic carbocycles. The van der Waals surface area contributed by atoms with E-state index in [1.165, 1.54) is 61.2 Å². The number of benzene rings is 9. The predicted octanol–water partition coefficient (Wildman–Crippen LogP) is 15.3. The van der Waals surface area contributed by atoms with Crippen molar-refractivity contribution in [2.24, 2.45) is 0 Å². The van der Waals surface area contributed by atoms with Gasteiger partial charge in [0.15, 0.2) is 0 Å². The van der Waals surface area contributed by atoms with Gasteiger partial charge in [-0.05, 0) is 104 Å². The van der Waals surface area contributed by atoms with Crippen molar-refractivity contribution in [1.29, 1.82) is 0 Å². The lowest BCUT2D eigenvalue weighted by Crippen LogP contribution is -2.35. The molecule has 60 heavy (non-hydrogen) atoms. The zero-order valence-corrected chi connectivity index (χ0v) is 33.6. The van der Waals surface area contributed by atoms with Crippen LogP contribution in [0.5, 0.6) is 11.5 Å². The molecule has 0 unspecified atom stereocenters. The Morgan fingerprint density at radius 1 is 0.333 bits per heavy atom. The van der Waals surface area contributed by atoms with E-state index in [2.05, 4.69) is 231 Å².